The van der Waals surface area contributed by atoms with Gasteiger partial charge >= 0.3 is 0 Å². The lowest BCUT2D eigenvalue weighted by molar-refractivity contribution is 0.421. The van der Waals surface area contributed by atoms with Crippen LogP contribution in [0.25, 0.3) is 0 Å². The Bertz CT molecular complexity index is 778. The molecule has 0 saturated heterocycles. The minimum Gasteiger partial charge on any atom is -0.207 e. The third kappa shape index (κ3) is 3.48. The van der Waals surface area contributed by atoms with Crippen LogP contribution in [0.1, 0.15) is 12.5 Å². The molecule has 0 saturated carbocycles. The van der Waals surface area contributed by atoms with Crippen LogP contribution in [-0.4, -0.2) is 19.3 Å². The molecule has 0 aromatic heterocycles. The van der Waals surface area contributed by atoms with Crippen molar-refractivity contribution >= 4 is 10.0 Å². The molecule has 2 aromatic carbocycles. The first-order chi connectivity index (χ1) is 10.3. The lowest BCUT2D eigenvalue weighted by Gasteiger charge is -2.20. The number of benzene rings is 2. The Morgan fingerprint density at radius 1 is 1.00 bits per heavy atom. The fraction of sp³-hybridized carbons (Fsp3) is 0.200. The Labute approximate surface area is 127 Å². The van der Waals surface area contributed by atoms with E-state index >= 15 is 0 Å². The van der Waals surface area contributed by atoms with Gasteiger partial charge in [0, 0.05) is 13.1 Å². The first kappa shape index (κ1) is 16.5. The molecule has 3 nitrogen and oxygen atoms in total. The van der Waals surface area contributed by atoms with Crippen molar-refractivity contribution in [2.45, 2.75) is 18.4 Å². The van der Waals surface area contributed by atoms with Crippen LogP contribution in [0.3, 0.4) is 0 Å². The normalized spacial score (nSPS) is 11.9. The summed E-state index contributed by atoms with van der Waals surface area (Å²) in [7, 11) is -4.00. The maximum absolute atomic E-state index is 13.2. The molecule has 118 valence electrons. The SMILES string of the molecule is CCN(Cc1cccc(F)c1)S(=O)(=O)c1ccc(F)c(F)c1. The molecular formula is C15H14F3NO2S. The van der Waals surface area contributed by atoms with E-state index in [1.54, 1.807) is 13.0 Å². The van der Waals surface area contributed by atoms with Crippen molar-refractivity contribution in [1.29, 1.82) is 0 Å². The molecule has 2 rings (SSSR count). The van der Waals surface area contributed by atoms with Crippen molar-refractivity contribution in [2.75, 3.05) is 6.54 Å². The number of hydrogen-bond donors (Lipinski definition) is 0. The summed E-state index contributed by atoms with van der Waals surface area (Å²) in [6.07, 6.45) is 0. The molecule has 0 unspecified atom stereocenters. The lowest BCUT2D eigenvalue weighted by atomic mass is 10.2. The molecule has 2 aromatic rings. The van der Waals surface area contributed by atoms with Crippen LogP contribution in [0.4, 0.5) is 13.2 Å². The molecular weight excluding hydrogens is 315 g/mol. The zero-order valence-corrected chi connectivity index (χ0v) is 12.6. The summed E-state index contributed by atoms with van der Waals surface area (Å²) in [6, 6.07) is 7.95. The summed E-state index contributed by atoms with van der Waals surface area (Å²) in [5.41, 5.74) is 0.466. The average molecular weight is 329 g/mol. The van der Waals surface area contributed by atoms with Crippen LogP contribution in [0.5, 0.6) is 0 Å². The molecule has 0 bridgehead atoms. The highest BCUT2D eigenvalue weighted by Crippen LogP contribution is 2.20. The predicted octanol–water partition coefficient (Wildman–Crippen LogP) is 3.31. The average Bonchev–Trinajstić information content (AvgIpc) is 2.47. The molecule has 0 amide bonds. The van der Waals surface area contributed by atoms with E-state index in [4.69, 9.17) is 0 Å². The molecule has 0 spiro atoms. The van der Waals surface area contributed by atoms with Crippen molar-refractivity contribution in [1.82, 2.24) is 4.31 Å². The number of sulfonamides is 1. The third-order valence-corrected chi connectivity index (χ3v) is 5.05. The van der Waals surface area contributed by atoms with Gasteiger partial charge in [0.25, 0.3) is 0 Å². The molecule has 0 radical (unpaired) electrons. The van der Waals surface area contributed by atoms with Gasteiger partial charge in [-0.05, 0) is 35.9 Å². The van der Waals surface area contributed by atoms with E-state index in [2.05, 4.69) is 0 Å². The molecule has 0 aliphatic rings. The molecule has 0 aliphatic heterocycles. The fourth-order valence-corrected chi connectivity index (χ4v) is 3.44. The topological polar surface area (TPSA) is 37.4 Å². The molecule has 0 fully saturated rings. The fourth-order valence-electron chi connectivity index (χ4n) is 1.99. The Hall–Kier alpha value is -1.86. The van der Waals surface area contributed by atoms with E-state index in [0.717, 1.165) is 16.4 Å². The van der Waals surface area contributed by atoms with Gasteiger partial charge in [0.05, 0.1) is 4.90 Å². The largest absolute Gasteiger partial charge is 0.243 e. The second-order valence-electron chi connectivity index (χ2n) is 4.64. The quantitative estimate of drug-likeness (QED) is 0.844. The number of halogens is 3. The monoisotopic (exact) mass is 329 g/mol. The van der Waals surface area contributed by atoms with Crippen LogP contribution in [-0.2, 0) is 16.6 Å². The highest BCUT2D eigenvalue weighted by Gasteiger charge is 2.24. The van der Waals surface area contributed by atoms with E-state index in [1.165, 1.54) is 18.2 Å². The molecule has 22 heavy (non-hydrogen) atoms. The molecule has 0 heterocycles. The van der Waals surface area contributed by atoms with Gasteiger partial charge < -0.3 is 0 Å². The van der Waals surface area contributed by atoms with E-state index in [0.29, 0.717) is 11.6 Å². The summed E-state index contributed by atoms with van der Waals surface area (Å²) in [6.45, 7) is 1.66. The second-order valence-corrected chi connectivity index (χ2v) is 6.57. The minimum absolute atomic E-state index is 0.0599. The highest BCUT2D eigenvalue weighted by atomic mass is 32.2. The van der Waals surface area contributed by atoms with Gasteiger partial charge in [0.2, 0.25) is 10.0 Å². The Morgan fingerprint density at radius 2 is 1.73 bits per heavy atom. The van der Waals surface area contributed by atoms with Crippen LogP contribution in [0.2, 0.25) is 0 Å². The summed E-state index contributed by atoms with van der Waals surface area (Å²) in [4.78, 5) is -0.343. The van der Waals surface area contributed by atoms with Gasteiger partial charge in [-0.15, -0.1) is 0 Å². The van der Waals surface area contributed by atoms with E-state index < -0.39 is 27.5 Å². The standard InChI is InChI=1S/C15H14F3NO2S/c1-2-19(10-11-4-3-5-12(16)8-11)22(20,21)13-6-7-14(17)15(18)9-13/h3-9H,2,10H2,1H3. The maximum Gasteiger partial charge on any atom is 0.243 e. The van der Waals surface area contributed by atoms with Gasteiger partial charge in [-0.1, -0.05) is 19.1 Å². The van der Waals surface area contributed by atoms with Crippen molar-refractivity contribution < 1.29 is 21.6 Å². The predicted molar refractivity (Wildman–Crippen MR) is 76.0 cm³/mol. The van der Waals surface area contributed by atoms with Crippen LogP contribution >= 0.6 is 0 Å². The molecule has 7 heteroatoms. The Balaban J connectivity index is 2.34. The second kappa shape index (κ2) is 6.50. The summed E-state index contributed by atoms with van der Waals surface area (Å²) in [5.74, 6) is -2.83. The zero-order valence-electron chi connectivity index (χ0n) is 11.8. The van der Waals surface area contributed by atoms with Crippen molar-refractivity contribution in [2.24, 2.45) is 0 Å². The Kier molecular flexibility index (Phi) is 4.87. The van der Waals surface area contributed by atoms with Gasteiger partial charge in [-0.3, -0.25) is 0 Å². The zero-order chi connectivity index (χ0) is 16.3. The van der Waals surface area contributed by atoms with Crippen LogP contribution in [0, 0.1) is 17.5 Å². The number of nitrogens with zero attached hydrogens (tertiary/aromatic N) is 1. The van der Waals surface area contributed by atoms with Crippen molar-refractivity contribution in [3.05, 3.63) is 65.5 Å². The maximum atomic E-state index is 13.2. The molecule has 0 atom stereocenters. The van der Waals surface area contributed by atoms with E-state index in [1.807, 2.05) is 0 Å². The van der Waals surface area contributed by atoms with E-state index in [-0.39, 0.29) is 18.0 Å². The first-order valence-electron chi connectivity index (χ1n) is 6.54. The first-order valence-corrected chi connectivity index (χ1v) is 7.98. The number of rotatable bonds is 5. The summed E-state index contributed by atoms with van der Waals surface area (Å²) >= 11 is 0. The van der Waals surface area contributed by atoms with E-state index in [9.17, 15) is 21.6 Å². The summed E-state index contributed by atoms with van der Waals surface area (Å²) in [5, 5.41) is 0. The minimum atomic E-state index is -4.00. The number of hydrogen-bond acceptors (Lipinski definition) is 2. The smallest absolute Gasteiger partial charge is 0.207 e. The lowest BCUT2D eigenvalue weighted by Crippen LogP contribution is -2.30. The molecule has 0 aliphatic carbocycles. The van der Waals surface area contributed by atoms with Gasteiger partial charge in [0.15, 0.2) is 11.6 Å². The van der Waals surface area contributed by atoms with Gasteiger partial charge in [-0.2, -0.15) is 4.31 Å². The van der Waals surface area contributed by atoms with Crippen LogP contribution in [0.15, 0.2) is 47.4 Å². The van der Waals surface area contributed by atoms with Crippen LogP contribution < -0.4 is 0 Å². The third-order valence-electron chi connectivity index (χ3n) is 3.13. The van der Waals surface area contributed by atoms with Crippen molar-refractivity contribution in [3.8, 4) is 0 Å². The highest BCUT2D eigenvalue weighted by molar-refractivity contribution is 7.89. The summed E-state index contributed by atoms with van der Waals surface area (Å²) < 4.78 is 65.3. The van der Waals surface area contributed by atoms with Crippen molar-refractivity contribution in [3.63, 3.8) is 0 Å². The Morgan fingerprint density at radius 3 is 2.32 bits per heavy atom. The molecule has 0 N–H and O–H groups in total. The van der Waals surface area contributed by atoms with Gasteiger partial charge in [0.1, 0.15) is 5.82 Å². The van der Waals surface area contributed by atoms with Gasteiger partial charge in [-0.25, -0.2) is 21.6 Å².